The van der Waals surface area contributed by atoms with Crippen LogP contribution in [-0.2, 0) is 20.7 Å². The Balaban J connectivity index is 2.01. The number of anilines is 1. The minimum absolute atomic E-state index is 0.0579. The highest BCUT2D eigenvalue weighted by Crippen LogP contribution is 2.27. The molecule has 0 radical (unpaired) electrons. The quantitative estimate of drug-likeness (QED) is 0.455. The molecule has 0 saturated carbocycles. The van der Waals surface area contributed by atoms with E-state index in [2.05, 4.69) is 29.4 Å². The van der Waals surface area contributed by atoms with E-state index in [9.17, 15) is 9.59 Å². The molecule has 0 spiro atoms. The first-order valence-electron chi connectivity index (χ1n) is 7.27. The van der Waals surface area contributed by atoms with Crippen LogP contribution in [0.15, 0.2) is 12.3 Å². The predicted octanol–water partition coefficient (Wildman–Crippen LogP) is 2.07. The van der Waals surface area contributed by atoms with E-state index in [1.54, 1.807) is 6.07 Å². The summed E-state index contributed by atoms with van der Waals surface area (Å²) >= 11 is 0. The Morgan fingerprint density at radius 3 is 2.77 bits per heavy atom. The Kier molecular flexibility index (Phi) is 4.97. The predicted molar refractivity (Wildman–Crippen MR) is 85.7 cm³/mol. The fourth-order valence-corrected chi connectivity index (χ4v) is 2.91. The number of methoxy groups -OCH3 is 1. The average molecular weight is 322 g/mol. The van der Waals surface area contributed by atoms with Gasteiger partial charge < -0.3 is 9.47 Å². The molecule has 1 aromatic heterocycles. The van der Waals surface area contributed by atoms with Crippen LogP contribution in [0.5, 0.6) is 0 Å². The van der Waals surface area contributed by atoms with E-state index in [4.69, 9.17) is 4.74 Å². The number of fused-ring (bicyclic) bond motifs is 1. The van der Waals surface area contributed by atoms with Gasteiger partial charge in [0.2, 0.25) is 5.91 Å². The molecule has 2 rings (SSSR count). The third kappa shape index (κ3) is 3.92. The Morgan fingerprint density at radius 1 is 1.41 bits per heavy atom. The van der Waals surface area contributed by atoms with Crippen LogP contribution in [0.1, 0.15) is 15.9 Å². The van der Waals surface area contributed by atoms with E-state index < -0.39 is 14.0 Å². The SMILES string of the molecule is COC(=O)c1cnc2c(c1)CC(=O)N2COCC[Si](C)(C)C. The Hall–Kier alpha value is -1.73. The number of hydrogen-bond donors (Lipinski definition) is 0. The lowest BCUT2D eigenvalue weighted by Crippen LogP contribution is -2.31. The number of esters is 1. The molecule has 22 heavy (non-hydrogen) atoms. The number of aromatic nitrogens is 1. The first-order chi connectivity index (χ1) is 10.3. The van der Waals surface area contributed by atoms with Gasteiger partial charge in [-0.1, -0.05) is 19.6 Å². The molecule has 0 bridgehead atoms. The van der Waals surface area contributed by atoms with Gasteiger partial charge in [0.1, 0.15) is 12.5 Å². The van der Waals surface area contributed by atoms with E-state index in [-0.39, 0.29) is 19.1 Å². The zero-order valence-electron chi connectivity index (χ0n) is 13.5. The van der Waals surface area contributed by atoms with Gasteiger partial charge in [-0.3, -0.25) is 9.69 Å². The summed E-state index contributed by atoms with van der Waals surface area (Å²) in [6.45, 7) is 7.70. The number of ether oxygens (including phenoxy) is 2. The molecule has 6 nitrogen and oxygen atoms in total. The van der Waals surface area contributed by atoms with Crippen molar-refractivity contribution in [3.63, 3.8) is 0 Å². The number of carbonyl (C=O) groups is 2. The van der Waals surface area contributed by atoms with Gasteiger partial charge in [-0.2, -0.15) is 0 Å². The fraction of sp³-hybridized carbons (Fsp3) is 0.533. The summed E-state index contributed by atoms with van der Waals surface area (Å²) < 4.78 is 10.3. The molecule has 0 aromatic carbocycles. The summed E-state index contributed by atoms with van der Waals surface area (Å²) in [5.74, 6) is 0.0655. The largest absolute Gasteiger partial charge is 0.465 e. The van der Waals surface area contributed by atoms with Gasteiger partial charge in [0.15, 0.2) is 0 Å². The molecule has 1 aromatic rings. The van der Waals surface area contributed by atoms with Crippen molar-refractivity contribution in [3.8, 4) is 0 Å². The van der Waals surface area contributed by atoms with Crippen LogP contribution in [0.2, 0.25) is 25.7 Å². The molecule has 2 heterocycles. The van der Waals surface area contributed by atoms with Gasteiger partial charge in [0.25, 0.3) is 0 Å². The number of pyridine rings is 1. The Morgan fingerprint density at radius 2 is 2.14 bits per heavy atom. The number of nitrogens with zero attached hydrogens (tertiary/aromatic N) is 2. The molecule has 0 atom stereocenters. The third-order valence-corrected chi connectivity index (χ3v) is 5.18. The summed E-state index contributed by atoms with van der Waals surface area (Å²) in [7, 11) is 0.176. The molecular weight excluding hydrogens is 300 g/mol. The molecule has 0 unspecified atom stereocenters. The minimum Gasteiger partial charge on any atom is -0.465 e. The minimum atomic E-state index is -1.14. The van der Waals surface area contributed by atoms with Crippen LogP contribution < -0.4 is 4.90 Å². The number of rotatable bonds is 6. The van der Waals surface area contributed by atoms with E-state index in [1.165, 1.54) is 18.2 Å². The molecule has 1 amide bonds. The van der Waals surface area contributed by atoms with Crippen molar-refractivity contribution in [3.05, 3.63) is 23.4 Å². The van der Waals surface area contributed by atoms with E-state index in [1.807, 2.05) is 0 Å². The normalized spacial score (nSPS) is 14.2. The zero-order valence-corrected chi connectivity index (χ0v) is 14.5. The van der Waals surface area contributed by atoms with Crippen molar-refractivity contribution in [2.45, 2.75) is 32.1 Å². The van der Waals surface area contributed by atoms with Gasteiger partial charge in [-0.15, -0.1) is 0 Å². The topological polar surface area (TPSA) is 68.7 Å². The molecule has 0 N–H and O–H groups in total. The van der Waals surface area contributed by atoms with E-state index in [0.29, 0.717) is 18.0 Å². The summed E-state index contributed by atoms with van der Waals surface area (Å²) in [6, 6.07) is 2.71. The maximum absolute atomic E-state index is 12.1. The van der Waals surface area contributed by atoms with Gasteiger partial charge in [0.05, 0.1) is 19.1 Å². The van der Waals surface area contributed by atoms with E-state index >= 15 is 0 Å². The summed E-state index contributed by atoms with van der Waals surface area (Å²) in [4.78, 5) is 29.3. The second kappa shape index (κ2) is 6.58. The Labute approximate surface area is 131 Å². The molecule has 0 fully saturated rings. The second-order valence-electron chi connectivity index (χ2n) is 6.54. The average Bonchev–Trinajstić information content (AvgIpc) is 2.76. The first-order valence-corrected chi connectivity index (χ1v) is 11.0. The highest BCUT2D eigenvalue weighted by atomic mass is 28.3. The molecule has 1 aliphatic rings. The molecular formula is C15H22N2O4Si. The van der Waals surface area contributed by atoms with Crippen molar-refractivity contribution in [1.82, 2.24) is 4.98 Å². The monoisotopic (exact) mass is 322 g/mol. The lowest BCUT2D eigenvalue weighted by Gasteiger charge is -2.19. The van der Waals surface area contributed by atoms with E-state index in [0.717, 1.165) is 11.6 Å². The lowest BCUT2D eigenvalue weighted by atomic mass is 10.1. The van der Waals surface area contributed by atoms with Gasteiger partial charge in [-0.05, 0) is 12.1 Å². The lowest BCUT2D eigenvalue weighted by molar-refractivity contribution is -0.118. The van der Waals surface area contributed by atoms with Crippen molar-refractivity contribution in [2.75, 3.05) is 25.3 Å². The van der Waals surface area contributed by atoms with Gasteiger partial charge >= 0.3 is 5.97 Å². The van der Waals surface area contributed by atoms with Crippen LogP contribution in [0.4, 0.5) is 5.82 Å². The van der Waals surface area contributed by atoms with Crippen LogP contribution in [0.3, 0.4) is 0 Å². The van der Waals surface area contributed by atoms with Crippen LogP contribution in [0, 0.1) is 0 Å². The first kappa shape index (κ1) is 16.6. The summed E-state index contributed by atoms with van der Waals surface area (Å²) in [6.07, 6.45) is 1.67. The molecule has 120 valence electrons. The molecule has 0 saturated heterocycles. The van der Waals surface area contributed by atoms with Crippen LogP contribution in [0.25, 0.3) is 0 Å². The summed E-state index contributed by atoms with van der Waals surface area (Å²) in [5.41, 5.74) is 1.09. The third-order valence-electron chi connectivity index (χ3n) is 3.48. The van der Waals surface area contributed by atoms with Crippen LogP contribution >= 0.6 is 0 Å². The standard InChI is InChI=1S/C15H22N2O4Si/c1-20-15(19)12-7-11-8-13(18)17(14(11)16-9-12)10-21-5-6-22(2,3)4/h7,9H,5-6,8,10H2,1-4H3. The molecule has 0 aliphatic carbocycles. The van der Waals surface area contributed by atoms with Crippen molar-refractivity contribution >= 4 is 25.8 Å². The van der Waals surface area contributed by atoms with Crippen LogP contribution in [-0.4, -0.2) is 45.4 Å². The smallest absolute Gasteiger partial charge is 0.339 e. The van der Waals surface area contributed by atoms with Crippen molar-refractivity contribution < 1.29 is 19.1 Å². The highest BCUT2D eigenvalue weighted by Gasteiger charge is 2.29. The number of hydrogen-bond acceptors (Lipinski definition) is 5. The maximum atomic E-state index is 12.1. The number of carbonyl (C=O) groups excluding carboxylic acids is 2. The zero-order chi connectivity index (χ0) is 16.3. The Bertz CT molecular complexity index is 583. The van der Waals surface area contributed by atoms with Gasteiger partial charge in [0, 0.05) is 26.4 Å². The van der Waals surface area contributed by atoms with Crippen molar-refractivity contribution in [1.29, 1.82) is 0 Å². The maximum Gasteiger partial charge on any atom is 0.339 e. The van der Waals surface area contributed by atoms with Crippen molar-refractivity contribution in [2.24, 2.45) is 0 Å². The molecule has 1 aliphatic heterocycles. The highest BCUT2D eigenvalue weighted by molar-refractivity contribution is 6.76. The van der Waals surface area contributed by atoms with Gasteiger partial charge in [-0.25, -0.2) is 9.78 Å². The molecule has 7 heteroatoms. The number of amides is 1. The second-order valence-corrected chi connectivity index (χ2v) is 12.2. The summed E-state index contributed by atoms with van der Waals surface area (Å²) in [5, 5.41) is 0. The fourth-order valence-electron chi connectivity index (χ4n) is 2.15.